The molecule has 0 spiro atoms. The number of aryl methyl sites for hydroxylation is 1. The standard InChI is InChI=1S/C15H20ClN3O2/c1-4-21-12-7-5-6-11-14(12)18-13(8-9-16)19(11)10(2)15(20)17-3/h5-7,10H,4,8-9H2,1-3H3,(H,17,20). The molecule has 2 rings (SSSR count). The molecule has 0 bridgehead atoms. The minimum Gasteiger partial charge on any atom is -0.492 e. The summed E-state index contributed by atoms with van der Waals surface area (Å²) in [6.45, 7) is 4.36. The molecular weight excluding hydrogens is 290 g/mol. The van der Waals surface area contributed by atoms with Crippen molar-refractivity contribution in [2.75, 3.05) is 19.5 Å². The van der Waals surface area contributed by atoms with E-state index in [1.807, 2.05) is 36.6 Å². The van der Waals surface area contributed by atoms with Crippen LogP contribution in [0.1, 0.15) is 25.7 Å². The maximum absolute atomic E-state index is 12.0. The fourth-order valence-corrected chi connectivity index (χ4v) is 2.60. The van der Waals surface area contributed by atoms with E-state index in [4.69, 9.17) is 16.3 Å². The van der Waals surface area contributed by atoms with Crippen LogP contribution in [-0.2, 0) is 11.2 Å². The number of fused-ring (bicyclic) bond motifs is 1. The van der Waals surface area contributed by atoms with Crippen LogP contribution in [-0.4, -0.2) is 35.0 Å². The average Bonchev–Trinajstić information content (AvgIpc) is 2.85. The number of imidazole rings is 1. The first-order chi connectivity index (χ1) is 10.1. The van der Waals surface area contributed by atoms with Crippen molar-refractivity contribution >= 4 is 28.5 Å². The van der Waals surface area contributed by atoms with Crippen LogP contribution in [0.2, 0.25) is 0 Å². The number of carbonyl (C=O) groups is 1. The highest BCUT2D eigenvalue weighted by Crippen LogP contribution is 2.29. The third-order valence-electron chi connectivity index (χ3n) is 3.39. The van der Waals surface area contributed by atoms with E-state index in [1.165, 1.54) is 0 Å². The lowest BCUT2D eigenvalue weighted by atomic mass is 10.2. The van der Waals surface area contributed by atoms with E-state index in [9.17, 15) is 4.79 Å². The number of halogens is 1. The number of alkyl halides is 1. The second-order valence-electron chi connectivity index (χ2n) is 4.68. The van der Waals surface area contributed by atoms with E-state index in [-0.39, 0.29) is 11.9 Å². The minimum absolute atomic E-state index is 0.0630. The summed E-state index contributed by atoms with van der Waals surface area (Å²) in [6, 6.07) is 5.39. The highest BCUT2D eigenvalue weighted by molar-refractivity contribution is 6.18. The Morgan fingerprint density at radius 3 is 2.90 bits per heavy atom. The quantitative estimate of drug-likeness (QED) is 0.834. The molecule has 1 aromatic carbocycles. The van der Waals surface area contributed by atoms with E-state index in [2.05, 4.69) is 10.3 Å². The van der Waals surface area contributed by atoms with Crippen molar-refractivity contribution in [3.63, 3.8) is 0 Å². The van der Waals surface area contributed by atoms with Gasteiger partial charge in [0, 0.05) is 19.3 Å². The number of nitrogens with zero attached hydrogens (tertiary/aromatic N) is 2. The van der Waals surface area contributed by atoms with Crippen LogP contribution in [0.5, 0.6) is 5.75 Å². The molecule has 6 heteroatoms. The van der Waals surface area contributed by atoms with Gasteiger partial charge in [0.25, 0.3) is 0 Å². The van der Waals surface area contributed by atoms with Gasteiger partial charge in [-0.1, -0.05) is 6.07 Å². The predicted molar refractivity (Wildman–Crippen MR) is 84.1 cm³/mol. The van der Waals surface area contributed by atoms with Gasteiger partial charge in [-0.25, -0.2) is 4.98 Å². The lowest BCUT2D eigenvalue weighted by molar-refractivity contribution is -0.123. The van der Waals surface area contributed by atoms with Crippen LogP contribution in [0.3, 0.4) is 0 Å². The SMILES string of the molecule is CCOc1cccc2c1nc(CCCl)n2C(C)C(=O)NC. The number of likely N-dealkylation sites (N-methyl/N-ethyl adjacent to an activating group) is 1. The molecule has 2 aromatic rings. The molecule has 21 heavy (non-hydrogen) atoms. The molecule has 1 unspecified atom stereocenters. The molecule has 0 aliphatic carbocycles. The summed E-state index contributed by atoms with van der Waals surface area (Å²) in [5, 5.41) is 2.68. The van der Waals surface area contributed by atoms with Crippen molar-refractivity contribution in [3.8, 4) is 5.75 Å². The average molecular weight is 310 g/mol. The summed E-state index contributed by atoms with van der Waals surface area (Å²) in [5.41, 5.74) is 1.66. The van der Waals surface area contributed by atoms with Gasteiger partial charge >= 0.3 is 0 Å². The lowest BCUT2D eigenvalue weighted by Gasteiger charge is -2.16. The predicted octanol–water partition coefficient (Wildman–Crippen LogP) is 2.52. The van der Waals surface area contributed by atoms with E-state index in [0.29, 0.717) is 18.9 Å². The summed E-state index contributed by atoms with van der Waals surface area (Å²) in [7, 11) is 1.63. The zero-order chi connectivity index (χ0) is 15.4. The molecule has 1 aromatic heterocycles. The summed E-state index contributed by atoms with van der Waals surface area (Å²) in [4.78, 5) is 16.6. The number of amides is 1. The number of ether oxygens (including phenoxy) is 1. The Kier molecular flexibility index (Phi) is 5.07. The van der Waals surface area contributed by atoms with Crippen molar-refractivity contribution < 1.29 is 9.53 Å². The van der Waals surface area contributed by atoms with E-state index in [0.717, 1.165) is 22.6 Å². The molecule has 1 atom stereocenters. The summed E-state index contributed by atoms with van der Waals surface area (Å²) >= 11 is 5.87. The van der Waals surface area contributed by atoms with Gasteiger partial charge in [0.05, 0.1) is 12.1 Å². The zero-order valence-corrected chi connectivity index (χ0v) is 13.3. The largest absolute Gasteiger partial charge is 0.492 e. The van der Waals surface area contributed by atoms with Gasteiger partial charge in [-0.2, -0.15) is 0 Å². The first-order valence-corrected chi connectivity index (χ1v) is 7.57. The molecular formula is C15H20ClN3O2. The Bertz CT molecular complexity index is 639. The van der Waals surface area contributed by atoms with Crippen LogP contribution in [0.4, 0.5) is 0 Å². The van der Waals surface area contributed by atoms with Crippen LogP contribution in [0.15, 0.2) is 18.2 Å². The summed E-state index contributed by atoms with van der Waals surface area (Å²) in [6.07, 6.45) is 0.600. The lowest BCUT2D eigenvalue weighted by Crippen LogP contribution is -2.28. The van der Waals surface area contributed by atoms with Gasteiger partial charge in [0.15, 0.2) is 0 Å². The number of rotatable bonds is 6. The molecule has 1 N–H and O–H groups in total. The Hall–Kier alpha value is -1.75. The van der Waals surface area contributed by atoms with Crippen molar-refractivity contribution in [1.29, 1.82) is 0 Å². The minimum atomic E-state index is -0.352. The van der Waals surface area contributed by atoms with Gasteiger partial charge in [0.2, 0.25) is 5.91 Å². The monoisotopic (exact) mass is 309 g/mol. The number of carbonyl (C=O) groups excluding carboxylic acids is 1. The van der Waals surface area contributed by atoms with Crippen LogP contribution in [0, 0.1) is 0 Å². The third-order valence-corrected chi connectivity index (χ3v) is 3.58. The molecule has 114 valence electrons. The van der Waals surface area contributed by atoms with Crippen molar-refractivity contribution in [1.82, 2.24) is 14.9 Å². The van der Waals surface area contributed by atoms with Crippen LogP contribution < -0.4 is 10.1 Å². The summed E-state index contributed by atoms with van der Waals surface area (Å²) < 4.78 is 7.55. The first-order valence-electron chi connectivity index (χ1n) is 7.04. The van der Waals surface area contributed by atoms with Crippen LogP contribution in [0.25, 0.3) is 11.0 Å². The topological polar surface area (TPSA) is 56.2 Å². The number of benzene rings is 1. The third kappa shape index (κ3) is 2.97. The first kappa shape index (κ1) is 15.6. The van der Waals surface area contributed by atoms with Crippen molar-refractivity contribution in [2.24, 2.45) is 0 Å². The molecule has 1 heterocycles. The highest BCUT2D eigenvalue weighted by atomic mass is 35.5. The van der Waals surface area contributed by atoms with Gasteiger partial charge in [-0.15, -0.1) is 11.6 Å². The molecule has 0 saturated carbocycles. The van der Waals surface area contributed by atoms with Gasteiger partial charge in [0.1, 0.15) is 23.1 Å². The number of hydrogen-bond donors (Lipinski definition) is 1. The molecule has 0 aliphatic rings. The molecule has 0 saturated heterocycles. The molecule has 0 fully saturated rings. The number of para-hydroxylation sites is 1. The van der Waals surface area contributed by atoms with Gasteiger partial charge in [-0.3, -0.25) is 4.79 Å². The maximum Gasteiger partial charge on any atom is 0.242 e. The molecule has 0 aliphatic heterocycles. The maximum atomic E-state index is 12.0. The normalized spacial score (nSPS) is 12.4. The Morgan fingerprint density at radius 1 is 1.52 bits per heavy atom. The molecule has 0 radical (unpaired) electrons. The fourth-order valence-electron chi connectivity index (χ4n) is 2.43. The van der Waals surface area contributed by atoms with E-state index in [1.54, 1.807) is 7.05 Å². The van der Waals surface area contributed by atoms with E-state index >= 15 is 0 Å². The second-order valence-corrected chi connectivity index (χ2v) is 5.06. The highest BCUT2D eigenvalue weighted by Gasteiger charge is 2.21. The van der Waals surface area contributed by atoms with Gasteiger partial charge < -0.3 is 14.6 Å². The van der Waals surface area contributed by atoms with Gasteiger partial charge in [-0.05, 0) is 26.0 Å². The number of nitrogens with one attached hydrogen (secondary N) is 1. The Balaban J connectivity index is 2.62. The summed E-state index contributed by atoms with van der Waals surface area (Å²) in [5.74, 6) is 1.91. The van der Waals surface area contributed by atoms with Crippen LogP contribution >= 0.6 is 11.6 Å². The van der Waals surface area contributed by atoms with Crippen molar-refractivity contribution in [3.05, 3.63) is 24.0 Å². The van der Waals surface area contributed by atoms with Crippen molar-refractivity contribution in [2.45, 2.75) is 26.3 Å². The second kappa shape index (κ2) is 6.80. The zero-order valence-electron chi connectivity index (χ0n) is 12.5. The molecule has 1 amide bonds. The fraction of sp³-hybridized carbons (Fsp3) is 0.467. The smallest absolute Gasteiger partial charge is 0.242 e. The Labute approximate surface area is 129 Å². The molecule has 5 nitrogen and oxygen atoms in total. The Morgan fingerprint density at radius 2 is 2.29 bits per heavy atom. The van der Waals surface area contributed by atoms with E-state index < -0.39 is 0 Å². The number of hydrogen-bond acceptors (Lipinski definition) is 3. The number of aromatic nitrogens is 2.